The molecule has 1 aromatic carbocycles. The van der Waals surface area contributed by atoms with Crippen molar-refractivity contribution in [2.45, 2.75) is 26.3 Å². The molecule has 1 aromatic rings. The molecule has 1 atom stereocenters. The Kier molecular flexibility index (Phi) is 4.83. The van der Waals surface area contributed by atoms with Crippen LogP contribution in [0.15, 0.2) is 24.3 Å². The first kappa shape index (κ1) is 15.4. The first-order chi connectivity index (χ1) is 10.0. The second-order valence-electron chi connectivity index (χ2n) is 5.64. The van der Waals surface area contributed by atoms with Gasteiger partial charge in [0.15, 0.2) is 0 Å². The number of para-hydroxylation sites is 1. The molecule has 1 N–H and O–H groups in total. The van der Waals surface area contributed by atoms with Crippen LogP contribution in [-0.4, -0.2) is 43.0 Å². The van der Waals surface area contributed by atoms with Crippen LogP contribution in [0.2, 0.25) is 0 Å². The number of carbonyl (C=O) groups excluding carboxylic acids is 2. The SMILES string of the molecule is COc1ccccc1C(=O)N1CCNC(=O)[C@H]1CC(C)C. The van der Waals surface area contributed by atoms with Gasteiger partial charge in [-0.2, -0.15) is 0 Å². The molecule has 0 aromatic heterocycles. The number of hydrogen-bond acceptors (Lipinski definition) is 3. The molecule has 5 heteroatoms. The molecule has 1 aliphatic heterocycles. The minimum atomic E-state index is -0.406. The van der Waals surface area contributed by atoms with Gasteiger partial charge in [0.1, 0.15) is 11.8 Å². The Hall–Kier alpha value is -2.04. The second kappa shape index (κ2) is 6.61. The molecular formula is C16H22N2O3. The van der Waals surface area contributed by atoms with E-state index in [9.17, 15) is 9.59 Å². The Morgan fingerprint density at radius 1 is 1.43 bits per heavy atom. The Bertz CT molecular complexity index is 528. The van der Waals surface area contributed by atoms with E-state index in [4.69, 9.17) is 4.74 Å². The average molecular weight is 290 g/mol. The van der Waals surface area contributed by atoms with Crippen LogP contribution in [0.5, 0.6) is 5.75 Å². The molecule has 0 aliphatic carbocycles. The molecule has 2 rings (SSSR count). The largest absolute Gasteiger partial charge is 0.496 e. The Morgan fingerprint density at radius 2 is 2.14 bits per heavy atom. The van der Waals surface area contributed by atoms with Gasteiger partial charge in [-0.25, -0.2) is 0 Å². The zero-order valence-corrected chi connectivity index (χ0v) is 12.8. The molecule has 0 bridgehead atoms. The summed E-state index contributed by atoms with van der Waals surface area (Å²) >= 11 is 0. The summed E-state index contributed by atoms with van der Waals surface area (Å²) in [7, 11) is 1.54. The Labute approximate surface area is 125 Å². The normalized spacial score (nSPS) is 18.6. The van der Waals surface area contributed by atoms with Crippen LogP contribution >= 0.6 is 0 Å². The highest BCUT2D eigenvalue weighted by atomic mass is 16.5. The van der Waals surface area contributed by atoms with Gasteiger partial charge in [-0.3, -0.25) is 9.59 Å². The van der Waals surface area contributed by atoms with Crippen molar-refractivity contribution in [3.05, 3.63) is 29.8 Å². The quantitative estimate of drug-likeness (QED) is 0.918. The minimum absolute atomic E-state index is 0.0711. The standard InChI is InChI=1S/C16H22N2O3/c1-11(2)10-13-15(19)17-8-9-18(13)16(20)12-6-4-5-7-14(12)21-3/h4-7,11,13H,8-10H2,1-3H3,(H,17,19)/t13-/m1/s1. The Morgan fingerprint density at radius 3 is 2.81 bits per heavy atom. The number of benzene rings is 1. The summed E-state index contributed by atoms with van der Waals surface area (Å²) in [6, 6.07) is 6.71. The first-order valence-electron chi connectivity index (χ1n) is 7.26. The maximum Gasteiger partial charge on any atom is 0.258 e. The fourth-order valence-corrected chi connectivity index (χ4v) is 2.61. The van der Waals surface area contributed by atoms with Gasteiger partial charge in [-0.15, -0.1) is 0 Å². The zero-order valence-electron chi connectivity index (χ0n) is 12.8. The summed E-state index contributed by atoms with van der Waals surface area (Å²) in [5.74, 6) is 0.662. The summed E-state index contributed by atoms with van der Waals surface area (Å²) in [4.78, 5) is 26.5. The molecule has 2 amide bonds. The highest BCUT2D eigenvalue weighted by Gasteiger charge is 2.34. The van der Waals surface area contributed by atoms with E-state index in [1.54, 1.807) is 30.2 Å². The van der Waals surface area contributed by atoms with Crippen LogP contribution < -0.4 is 10.1 Å². The smallest absolute Gasteiger partial charge is 0.258 e. The van der Waals surface area contributed by atoms with Crippen molar-refractivity contribution >= 4 is 11.8 Å². The predicted molar refractivity (Wildman–Crippen MR) is 80.3 cm³/mol. The summed E-state index contributed by atoms with van der Waals surface area (Å²) in [5.41, 5.74) is 0.503. The molecular weight excluding hydrogens is 268 g/mol. The van der Waals surface area contributed by atoms with E-state index in [0.717, 1.165) is 0 Å². The van der Waals surface area contributed by atoms with Gasteiger partial charge in [0, 0.05) is 13.1 Å². The number of ether oxygens (including phenoxy) is 1. The van der Waals surface area contributed by atoms with Crippen LogP contribution in [0.25, 0.3) is 0 Å². The fraction of sp³-hybridized carbons (Fsp3) is 0.500. The molecule has 0 unspecified atom stereocenters. The van der Waals surface area contributed by atoms with Crippen molar-refractivity contribution in [1.82, 2.24) is 10.2 Å². The fourth-order valence-electron chi connectivity index (χ4n) is 2.61. The molecule has 0 spiro atoms. The number of amides is 2. The molecule has 1 aliphatic rings. The molecule has 0 radical (unpaired) electrons. The van der Waals surface area contributed by atoms with Crippen molar-refractivity contribution in [3.63, 3.8) is 0 Å². The molecule has 1 fully saturated rings. The van der Waals surface area contributed by atoms with Crippen molar-refractivity contribution < 1.29 is 14.3 Å². The maximum absolute atomic E-state index is 12.8. The molecule has 114 valence electrons. The van der Waals surface area contributed by atoms with Crippen LogP contribution in [0.1, 0.15) is 30.6 Å². The number of rotatable bonds is 4. The highest BCUT2D eigenvalue weighted by Crippen LogP contribution is 2.23. The number of carbonyl (C=O) groups is 2. The highest BCUT2D eigenvalue weighted by molar-refractivity contribution is 6.00. The van der Waals surface area contributed by atoms with E-state index in [1.165, 1.54) is 0 Å². The van der Waals surface area contributed by atoms with Crippen LogP contribution in [0.4, 0.5) is 0 Å². The molecule has 5 nitrogen and oxygen atoms in total. The number of piperazine rings is 1. The van der Waals surface area contributed by atoms with Gasteiger partial charge in [0.25, 0.3) is 5.91 Å². The van der Waals surface area contributed by atoms with E-state index in [1.807, 2.05) is 19.9 Å². The monoisotopic (exact) mass is 290 g/mol. The number of methoxy groups -OCH3 is 1. The third kappa shape index (κ3) is 3.35. The van der Waals surface area contributed by atoms with E-state index in [-0.39, 0.29) is 11.8 Å². The maximum atomic E-state index is 12.8. The van der Waals surface area contributed by atoms with E-state index < -0.39 is 6.04 Å². The van der Waals surface area contributed by atoms with Crippen molar-refractivity contribution in [1.29, 1.82) is 0 Å². The average Bonchev–Trinajstić information content (AvgIpc) is 2.48. The van der Waals surface area contributed by atoms with Crippen molar-refractivity contribution in [3.8, 4) is 5.75 Å². The zero-order chi connectivity index (χ0) is 15.4. The van der Waals surface area contributed by atoms with Crippen LogP contribution in [0.3, 0.4) is 0 Å². The summed E-state index contributed by atoms with van der Waals surface area (Å²) < 4.78 is 5.25. The van der Waals surface area contributed by atoms with Gasteiger partial charge in [-0.05, 0) is 24.5 Å². The third-order valence-corrected chi connectivity index (χ3v) is 3.62. The third-order valence-electron chi connectivity index (χ3n) is 3.62. The van der Waals surface area contributed by atoms with E-state index >= 15 is 0 Å². The lowest BCUT2D eigenvalue weighted by Crippen LogP contribution is -2.57. The molecule has 1 saturated heterocycles. The molecule has 21 heavy (non-hydrogen) atoms. The molecule has 0 saturated carbocycles. The molecule has 1 heterocycles. The van der Waals surface area contributed by atoms with Gasteiger partial charge >= 0.3 is 0 Å². The van der Waals surface area contributed by atoms with Gasteiger partial charge < -0.3 is 15.0 Å². The van der Waals surface area contributed by atoms with Crippen molar-refractivity contribution in [2.24, 2.45) is 5.92 Å². The lowest BCUT2D eigenvalue weighted by Gasteiger charge is -2.36. The van der Waals surface area contributed by atoms with E-state index in [2.05, 4.69) is 5.32 Å². The minimum Gasteiger partial charge on any atom is -0.496 e. The summed E-state index contributed by atoms with van der Waals surface area (Å²) in [6.07, 6.45) is 0.659. The predicted octanol–water partition coefficient (Wildman–Crippen LogP) is 1.68. The van der Waals surface area contributed by atoms with Gasteiger partial charge in [0.2, 0.25) is 5.91 Å². The van der Waals surface area contributed by atoms with Crippen LogP contribution in [0, 0.1) is 5.92 Å². The lowest BCUT2D eigenvalue weighted by atomic mass is 9.99. The first-order valence-corrected chi connectivity index (χ1v) is 7.26. The number of nitrogens with zero attached hydrogens (tertiary/aromatic N) is 1. The van der Waals surface area contributed by atoms with Gasteiger partial charge in [-0.1, -0.05) is 26.0 Å². The second-order valence-corrected chi connectivity index (χ2v) is 5.64. The van der Waals surface area contributed by atoms with Gasteiger partial charge in [0.05, 0.1) is 12.7 Å². The summed E-state index contributed by atoms with van der Waals surface area (Å²) in [6.45, 7) is 5.12. The van der Waals surface area contributed by atoms with Crippen molar-refractivity contribution in [2.75, 3.05) is 20.2 Å². The topological polar surface area (TPSA) is 58.6 Å². The lowest BCUT2D eigenvalue weighted by molar-refractivity contribution is -0.128. The number of nitrogens with one attached hydrogen (secondary N) is 1. The van der Waals surface area contributed by atoms with E-state index in [0.29, 0.717) is 36.7 Å². The van der Waals surface area contributed by atoms with Crippen LogP contribution in [-0.2, 0) is 4.79 Å². The number of hydrogen-bond donors (Lipinski definition) is 1. The summed E-state index contributed by atoms with van der Waals surface area (Å²) in [5, 5.41) is 2.84. The Balaban J connectivity index is 2.28.